The van der Waals surface area contributed by atoms with Crippen molar-refractivity contribution in [2.24, 2.45) is 5.92 Å². The summed E-state index contributed by atoms with van der Waals surface area (Å²) in [7, 11) is 3.05. The van der Waals surface area contributed by atoms with E-state index in [9.17, 15) is 23.1 Å². The fourth-order valence-electron chi connectivity index (χ4n) is 2.75. The highest BCUT2D eigenvalue weighted by Crippen LogP contribution is 2.18. The van der Waals surface area contributed by atoms with E-state index in [4.69, 9.17) is 14.2 Å². The lowest BCUT2D eigenvalue weighted by Crippen LogP contribution is -2.27. The minimum absolute atomic E-state index is 0. The fraction of sp³-hybridized carbons (Fsp3) is 0.423. The predicted octanol–water partition coefficient (Wildman–Crippen LogP) is 4.30. The molecule has 0 heterocycles. The summed E-state index contributed by atoms with van der Waals surface area (Å²) in [5.41, 5.74) is 0.437. The molecule has 0 saturated carbocycles. The number of methoxy groups -OCH3 is 2. The van der Waals surface area contributed by atoms with Crippen molar-refractivity contribution in [2.45, 2.75) is 51.5 Å². The monoisotopic (exact) mass is 542 g/mol. The van der Waals surface area contributed by atoms with E-state index in [1.54, 1.807) is 14.0 Å². The van der Waals surface area contributed by atoms with Gasteiger partial charge in [-0.15, -0.1) is 0 Å². The van der Waals surface area contributed by atoms with Gasteiger partial charge in [0.15, 0.2) is 6.10 Å². The molecule has 0 bridgehead atoms. The lowest BCUT2D eigenvalue weighted by atomic mass is 9.97. The van der Waals surface area contributed by atoms with Crippen LogP contribution in [0.1, 0.15) is 40.5 Å². The van der Waals surface area contributed by atoms with Crippen LogP contribution in [0.4, 0.5) is 10.4 Å². The second-order valence-corrected chi connectivity index (χ2v) is 8.48. The van der Waals surface area contributed by atoms with Crippen molar-refractivity contribution < 1.29 is 42.1 Å². The number of rotatable bonds is 12. The van der Waals surface area contributed by atoms with Crippen LogP contribution in [0.15, 0.2) is 59.5 Å². The Morgan fingerprint density at radius 2 is 1.59 bits per heavy atom. The smallest absolute Gasteiger partial charge is 0.334 e. The summed E-state index contributed by atoms with van der Waals surface area (Å²) in [6.07, 6.45) is 0.110. The Kier molecular flexibility index (Phi) is 19.4. The number of esters is 1. The van der Waals surface area contributed by atoms with Crippen LogP contribution >= 0.6 is 0 Å². The van der Waals surface area contributed by atoms with E-state index in [0.717, 1.165) is 5.75 Å². The number of ketones is 1. The van der Waals surface area contributed by atoms with Crippen LogP contribution in [0.3, 0.4) is 0 Å². The molecule has 9 nitrogen and oxygen atoms in total. The van der Waals surface area contributed by atoms with Crippen molar-refractivity contribution in [3.05, 3.63) is 54.6 Å². The first-order valence-corrected chi connectivity index (χ1v) is 12.0. The number of hydrogen-bond donors (Lipinski definition) is 1. The van der Waals surface area contributed by atoms with Crippen LogP contribution in [0.25, 0.3) is 0 Å². The fourth-order valence-corrected chi connectivity index (χ4v) is 3.11. The van der Waals surface area contributed by atoms with Crippen molar-refractivity contribution in [3.8, 4) is 5.75 Å². The van der Waals surface area contributed by atoms with Gasteiger partial charge in [0.25, 0.3) is 0 Å². The molecule has 0 aromatic heterocycles. The number of para-hydroxylation sites is 1. The van der Waals surface area contributed by atoms with E-state index < -0.39 is 29.1 Å². The Balaban J connectivity index is 0. The normalized spacial score (nSPS) is 12.1. The third-order valence-electron chi connectivity index (χ3n) is 4.90. The van der Waals surface area contributed by atoms with Gasteiger partial charge in [-0.2, -0.15) is 0 Å². The van der Waals surface area contributed by atoms with Gasteiger partial charge in [0.05, 0.1) is 13.7 Å². The van der Waals surface area contributed by atoms with Gasteiger partial charge < -0.3 is 28.9 Å². The van der Waals surface area contributed by atoms with Gasteiger partial charge in [-0.05, 0) is 74.2 Å². The molecule has 0 radical (unpaired) electrons. The number of carbonyl (C=O) groups excluding carboxylic acids is 3. The summed E-state index contributed by atoms with van der Waals surface area (Å²) in [6.45, 7) is 3.02. The minimum atomic E-state index is -2.34. The Labute approximate surface area is 220 Å². The Hall–Kier alpha value is -3.15. The number of benzene rings is 2. The summed E-state index contributed by atoms with van der Waals surface area (Å²) in [6, 6.07) is 15.4. The van der Waals surface area contributed by atoms with E-state index >= 15 is 0 Å². The summed E-state index contributed by atoms with van der Waals surface area (Å²) < 4.78 is 36.6. The van der Waals surface area contributed by atoms with Gasteiger partial charge in [0.2, 0.25) is 5.91 Å². The molecule has 0 aliphatic heterocycles. The summed E-state index contributed by atoms with van der Waals surface area (Å²) in [5, 5.41) is 2.69. The first kappa shape index (κ1) is 36.0. The van der Waals surface area contributed by atoms with Gasteiger partial charge in [-0.25, -0.2) is 4.79 Å². The maximum absolute atomic E-state index is 12.5. The number of anilines is 1. The van der Waals surface area contributed by atoms with Crippen molar-refractivity contribution in [1.82, 2.24) is 0 Å². The molecule has 3 atom stereocenters. The predicted molar refractivity (Wildman–Crippen MR) is 140 cm³/mol. The van der Waals surface area contributed by atoms with E-state index in [-0.39, 0.29) is 48.2 Å². The topological polar surface area (TPSA) is 131 Å². The first-order chi connectivity index (χ1) is 16.7. The molecule has 37 heavy (non-hydrogen) atoms. The molecule has 0 aliphatic carbocycles. The quantitative estimate of drug-likeness (QED) is 0.310. The highest BCUT2D eigenvalue weighted by atomic mass is 32.2. The molecule has 2 aromatic carbocycles. The molecule has 0 aliphatic rings. The molecule has 0 saturated heterocycles. The van der Waals surface area contributed by atoms with Crippen molar-refractivity contribution >= 4 is 34.4 Å². The molecule has 3 unspecified atom stereocenters. The summed E-state index contributed by atoms with van der Waals surface area (Å²) in [5.74, 6) is -0.520. The van der Waals surface area contributed by atoms with E-state index in [1.807, 2.05) is 30.3 Å². The maximum atomic E-state index is 12.5. The third kappa shape index (κ3) is 14.9. The SMILES string of the molecule is C.COC(C)C(=O)OCCC(CCC(C)=O)C(=O)Nc1ccc(S(=O)[O-])cc1.COc1ccccc1.F. The zero-order chi connectivity index (χ0) is 26.2. The summed E-state index contributed by atoms with van der Waals surface area (Å²) >= 11 is -2.34. The Bertz CT molecular complexity index is 957. The number of Topliss-reactive ketones (excluding diaryl/α,β-unsaturated/α-hetero) is 1. The average Bonchev–Trinajstić information content (AvgIpc) is 2.86. The second-order valence-electron chi connectivity index (χ2n) is 7.54. The number of nitrogens with one attached hydrogen (secondary N) is 1. The Morgan fingerprint density at radius 3 is 2.05 bits per heavy atom. The third-order valence-corrected chi connectivity index (χ3v) is 5.56. The zero-order valence-corrected chi connectivity index (χ0v) is 21.6. The molecule has 0 fully saturated rings. The zero-order valence-electron chi connectivity index (χ0n) is 20.8. The molecular formula is C26H37FNO8S-. The number of ether oxygens (including phenoxy) is 3. The largest absolute Gasteiger partial charge is 0.768 e. The molecule has 208 valence electrons. The van der Waals surface area contributed by atoms with Crippen molar-refractivity contribution in [2.75, 3.05) is 26.1 Å². The Morgan fingerprint density at radius 1 is 1.00 bits per heavy atom. The van der Waals surface area contributed by atoms with Gasteiger partial charge in [0.1, 0.15) is 11.5 Å². The van der Waals surface area contributed by atoms with Crippen molar-refractivity contribution in [3.63, 3.8) is 0 Å². The van der Waals surface area contributed by atoms with E-state index in [1.165, 1.54) is 38.3 Å². The van der Waals surface area contributed by atoms with E-state index in [2.05, 4.69) is 5.32 Å². The van der Waals surface area contributed by atoms with Crippen LogP contribution < -0.4 is 10.1 Å². The number of amides is 1. The van der Waals surface area contributed by atoms with E-state index in [0.29, 0.717) is 12.1 Å². The van der Waals surface area contributed by atoms with Gasteiger partial charge in [0, 0.05) is 30.0 Å². The molecule has 11 heteroatoms. The van der Waals surface area contributed by atoms with Crippen molar-refractivity contribution in [1.29, 1.82) is 0 Å². The summed E-state index contributed by atoms with van der Waals surface area (Å²) in [4.78, 5) is 35.5. The highest BCUT2D eigenvalue weighted by Gasteiger charge is 2.21. The van der Waals surface area contributed by atoms with Crippen LogP contribution in [-0.4, -0.2) is 53.4 Å². The highest BCUT2D eigenvalue weighted by molar-refractivity contribution is 7.79. The van der Waals surface area contributed by atoms with Crippen LogP contribution in [0.2, 0.25) is 0 Å². The van der Waals surface area contributed by atoms with Gasteiger partial charge in [-0.1, -0.05) is 25.6 Å². The number of halogens is 1. The van der Waals surface area contributed by atoms with Crippen LogP contribution in [-0.2, 0) is 34.9 Å². The maximum Gasteiger partial charge on any atom is 0.334 e. The second kappa shape index (κ2) is 20.0. The number of carbonyl (C=O) groups is 3. The molecule has 1 amide bonds. The number of hydrogen-bond acceptors (Lipinski definition) is 8. The molecule has 2 rings (SSSR count). The van der Waals surface area contributed by atoms with Crippen LogP contribution in [0.5, 0.6) is 5.75 Å². The van der Waals surface area contributed by atoms with Crippen LogP contribution in [0, 0.1) is 5.92 Å². The standard InChI is InChI=1S/C18H25NO7S.C7H8O.CH4.FH/c1-12(20)4-5-14(10-11-26-18(22)13(2)25-3)17(21)19-15-6-8-16(9-7-15)27(23)24;1-8-7-5-3-2-4-6-7;;/h6-9,13-14H,4-5,10-11H2,1-3H3,(H,19,21)(H,23,24);2-6H,1H3;1H4;1H/p-1. The lowest BCUT2D eigenvalue weighted by molar-refractivity contribution is -0.155. The first-order valence-electron chi connectivity index (χ1n) is 11.0. The molecule has 1 N–H and O–H groups in total. The lowest BCUT2D eigenvalue weighted by Gasteiger charge is -2.17. The minimum Gasteiger partial charge on any atom is -0.768 e. The van der Waals surface area contributed by atoms with Gasteiger partial charge in [-0.3, -0.25) is 13.7 Å². The average molecular weight is 543 g/mol. The molecule has 2 aromatic rings. The molecular weight excluding hydrogens is 505 g/mol. The molecule has 0 spiro atoms. The van der Waals surface area contributed by atoms with Gasteiger partial charge >= 0.3 is 5.97 Å².